The smallest absolute Gasteiger partial charge is 0.256 e. The topological polar surface area (TPSA) is 39.3 Å². The van der Waals surface area contributed by atoms with Gasteiger partial charge in [-0.15, -0.1) is 0 Å². The van der Waals surface area contributed by atoms with Gasteiger partial charge in [-0.2, -0.15) is 0 Å². The van der Waals surface area contributed by atoms with Crippen LogP contribution in [0.25, 0.3) is 22.0 Å². The quantitative estimate of drug-likeness (QED) is 0.788. The number of rotatable bonds is 3. The Morgan fingerprint density at radius 3 is 2.46 bits per heavy atom. The van der Waals surface area contributed by atoms with E-state index in [2.05, 4.69) is 34.0 Å². The van der Waals surface area contributed by atoms with E-state index in [4.69, 9.17) is 0 Å². The zero-order chi connectivity index (χ0) is 18.1. The van der Waals surface area contributed by atoms with Crippen molar-refractivity contribution in [2.24, 2.45) is 0 Å². The van der Waals surface area contributed by atoms with Gasteiger partial charge in [-0.3, -0.25) is 9.69 Å². The molecule has 0 unspecified atom stereocenters. The van der Waals surface area contributed by atoms with Crippen molar-refractivity contribution in [2.45, 2.75) is 6.54 Å². The van der Waals surface area contributed by atoms with Gasteiger partial charge in [0.25, 0.3) is 5.56 Å². The average molecular weight is 351 g/mol. The molecule has 26 heavy (non-hydrogen) atoms. The second-order valence-corrected chi connectivity index (χ2v) is 7.02. The van der Waals surface area contributed by atoms with Gasteiger partial charge in [0.05, 0.1) is 0 Å². The SMILES string of the molecule is CN1CCN(Cc2ccc(-c3cc4ccc(F)cc4c(=O)[nH]3)cc2)CC1. The van der Waals surface area contributed by atoms with Crippen LogP contribution >= 0.6 is 0 Å². The van der Waals surface area contributed by atoms with Gasteiger partial charge < -0.3 is 9.88 Å². The van der Waals surface area contributed by atoms with Crippen molar-refractivity contribution in [1.82, 2.24) is 14.8 Å². The van der Waals surface area contributed by atoms with E-state index < -0.39 is 5.82 Å². The maximum absolute atomic E-state index is 13.3. The van der Waals surface area contributed by atoms with E-state index in [1.807, 2.05) is 18.2 Å². The lowest BCUT2D eigenvalue weighted by molar-refractivity contribution is 0.148. The highest BCUT2D eigenvalue weighted by Crippen LogP contribution is 2.21. The molecular weight excluding hydrogens is 329 g/mol. The van der Waals surface area contributed by atoms with Crippen LogP contribution < -0.4 is 5.56 Å². The fourth-order valence-electron chi connectivity index (χ4n) is 3.44. The molecule has 2 aromatic carbocycles. The first-order chi connectivity index (χ1) is 12.6. The molecule has 3 aromatic rings. The number of piperazine rings is 1. The van der Waals surface area contributed by atoms with Crippen molar-refractivity contribution in [3.05, 3.63) is 70.3 Å². The van der Waals surface area contributed by atoms with E-state index in [-0.39, 0.29) is 5.56 Å². The molecule has 1 N–H and O–H groups in total. The molecule has 0 aliphatic carbocycles. The first kappa shape index (κ1) is 16.9. The molecule has 0 spiro atoms. The lowest BCUT2D eigenvalue weighted by Crippen LogP contribution is -2.43. The minimum Gasteiger partial charge on any atom is -0.321 e. The lowest BCUT2D eigenvalue weighted by Gasteiger charge is -2.32. The zero-order valence-corrected chi connectivity index (χ0v) is 14.8. The van der Waals surface area contributed by atoms with Crippen molar-refractivity contribution in [1.29, 1.82) is 0 Å². The van der Waals surface area contributed by atoms with Crippen molar-refractivity contribution in [2.75, 3.05) is 33.2 Å². The van der Waals surface area contributed by atoms with E-state index in [1.54, 1.807) is 6.07 Å². The zero-order valence-electron chi connectivity index (χ0n) is 14.8. The number of hydrogen-bond donors (Lipinski definition) is 1. The Bertz CT molecular complexity index is 973. The van der Waals surface area contributed by atoms with Crippen LogP contribution in [-0.2, 0) is 6.54 Å². The van der Waals surface area contributed by atoms with Gasteiger partial charge in [0.1, 0.15) is 5.82 Å². The molecular formula is C21H22FN3O. The second kappa shape index (κ2) is 7.02. The van der Waals surface area contributed by atoms with Gasteiger partial charge in [-0.05, 0) is 41.8 Å². The molecule has 0 amide bonds. The third-order valence-corrected chi connectivity index (χ3v) is 5.08. The molecule has 1 aliphatic rings. The fourth-order valence-corrected chi connectivity index (χ4v) is 3.44. The van der Waals surface area contributed by atoms with Crippen LogP contribution in [-0.4, -0.2) is 48.0 Å². The summed E-state index contributed by atoms with van der Waals surface area (Å²) in [5, 5.41) is 1.12. The van der Waals surface area contributed by atoms with E-state index in [9.17, 15) is 9.18 Å². The normalized spacial score (nSPS) is 16.2. The molecule has 0 radical (unpaired) electrons. The van der Waals surface area contributed by atoms with E-state index in [0.29, 0.717) is 5.39 Å². The predicted octanol–water partition coefficient (Wildman–Crippen LogP) is 3.08. The van der Waals surface area contributed by atoms with Gasteiger partial charge in [-0.1, -0.05) is 30.3 Å². The number of likely N-dealkylation sites (N-methyl/N-ethyl adjacent to an activating group) is 1. The van der Waals surface area contributed by atoms with Crippen LogP contribution in [0.15, 0.2) is 53.3 Å². The highest BCUT2D eigenvalue weighted by atomic mass is 19.1. The number of nitrogens with one attached hydrogen (secondary N) is 1. The van der Waals surface area contributed by atoms with Crippen molar-refractivity contribution >= 4 is 10.8 Å². The molecule has 0 atom stereocenters. The summed E-state index contributed by atoms with van der Waals surface area (Å²) in [6, 6.07) is 14.5. The third kappa shape index (κ3) is 3.54. The minimum absolute atomic E-state index is 0.265. The number of hydrogen-bond acceptors (Lipinski definition) is 3. The summed E-state index contributed by atoms with van der Waals surface area (Å²) in [5.74, 6) is -0.399. The first-order valence-electron chi connectivity index (χ1n) is 8.91. The Hall–Kier alpha value is -2.50. The summed E-state index contributed by atoms with van der Waals surface area (Å²) in [4.78, 5) is 19.9. The summed E-state index contributed by atoms with van der Waals surface area (Å²) < 4.78 is 13.3. The number of aromatic nitrogens is 1. The van der Waals surface area contributed by atoms with Gasteiger partial charge in [0.15, 0.2) is 0 Å². The Kier molecular flexibility index (Phi) is 4.57. The lowest BCUT2D eigenvalue weighted by atomic mass is 10.1. The van der Waals surface area contributed by atoms with Crippen molar-refractivity contribution in [3.8, 4) is 11.3 Å². The summed E-state index contributed by atoms with van der Waals surface area (Å²) >= 11 is 0. The Balaban J connectivity index is 1.56. The van der Waals surface area contributed by atoms with Crippen LogP contribution in [0.2, 0.25) is 0 Å². The van der Waals surface area contributed by atoms with Gasteiger partial charge in [0.2, 0.25) is 0 Å². The fraction of sp³-hybridized carbons (Fsp3) is 0.286. The number of fused-ring (bicyclic) bond motifs is 1. The third-order valence-electron chi connectivity index (χ3n) is 5.08. The molecule has 0 saturated carbocycles. The summed E-state index contributed by atoms with van der Waals surface area (Å²) in [6.07, 6.45) is 0. The van der Waals surface area contributed by atoms with E-state index in [1.165, 1.54) is 17.7 Å². The maximum atomic E-state index is 13.3. The Morgan fingerprint density at radius 2 is 1.73 bits per heavy atom. The molecule has 1 aliphatic heterocycles. The summed E-state index contributed by atoms with van der Waals surface area (Å²) in [5.41, 5.74) is 2.71. The Labute approximate surface area is 151 Å². The monoisotopic (exact) mass is 351 g/mol. The molecule has 4 nitrogen and oxygen atoms in total. The average Bonchev–Trinajstić information content (AvgIpc) is 2.65. The summed E-state index contributed by atoms with van der Waals surface area (Å²) in [6.45, 7) is 5.34. The van der Waals surface area contributed by atoms with Gasteiger partial charge in [-0.25, -0.2) is 4.39 Å². The van der Waals surface area contributed by atoms with Crippen molar-refractivity contribution < 1.29 is 4.39 Å². The van der Waals surface area contributed by atoms with E-state index >= 15 is 0 Å². The van der Waals surface area contributed by atoms with Crippen LogP contribution in [0.3, 0.4) is 0 Å². The van der Waals surface area contributed by atoms with Crippen LogP contribution in [0.4, 0.5) is 4.39 Å². The number of benzene rings is 2. The van der Waals surface area contributed by atoms with Crippen LogP contribution in [0, 0.1) is 5.82 Å². The number of aromatic amines is 1. The molecule has 0 bridgehead atoms. The number of pyridine rings is 1. The Morgan fingerprint density at radius 1 is 1.00 bits per heavy atom. The van der Waals surface area contributed by atoms with Gasteiger partial charge >= 0.3 is 0 Å². The maximum Gasteiger partial charge on any atom is 0.256 e. The van der Waals surface area contributed by atoms with Crippen LogP contribution in [0.5, 0.6) is 0 Å². The van der Waals surface area contributed by atoms with Crippen molar-refractivity contribution in [3.63, 3.8) is 0 Å². The highest BCUT2D eigenvalue weighted by molar-refractivity contribution is 5.85. The molecule has 5 heteroatoms. The standard InChI is InChI=1S/C21H22FN3O/c1-24-8-10-25(11-9-24)14-15-2-4-16(5-3-15)20-12-17-6-7-18(22)13-19(17)21(26)23-20/h2-7,12-13H,8-11,14H2,1H3,(H,23,26). The van der Waals surface area contributed by atoms with E-state index in [0.717, 1.165) is 49.4 Å². The summed E-state index contributed by atoms with van der Waals surface area (Å²) in [7, 11) is 2.16. The minimum atomic E-state index is -0.399. The molecule has 1 fully saturated rings. The predicted molar refractivity (Wildman–Crippen MR) is 103 cm³/mol. The molecule has 2 heterocycles. The second-order valence-electron chi connectivity index (χ2n) is 7.02. The van der Waals surface area contributed by atoms with Gasteiger partial charge in [0, 0.05) is 43.8 Å². The van der Waals surface area contributed by atoms with Crippen LogP contribution in [0.1, 0.15) is 5.56 Å². The molecule has 134 valence electrons. The number of H-pyrrole nitrogens is 1. The number of nitrogens with zero attached hydrogens (tertiary/aromatic N) is 2. The largest absolute Gasteiger partial charge is 0.321 e. The molecule has 1 saturated heterocycles. The molecule has 1 aromatic heterocycles. The molecule has 4 rings (SSSR count). The highest BCUT2D eigenvalue weighted by Gasteiger charge is 2.14. The first-order valence-corrected chi connectivity index (χ1v) is 8.91. The number of halogens is 1.